The van der Waals surface area contributed by atoms with Gasteiger partial charge in [0.15, 0.2) is 0 Å². The summed E-state index contributed by atoms with van der Waals surface area (Å²) >= 11 is 0. The van der Waals surface area contributed by atoms with E-state index >= 15 is 0 Å². The van der Waals surface area contributed by atoms with Gasteiger partial charge in [-0.05, 0) is 44.5 Å². The quantitative estimate of drug-likeness (QED) is 0.783. The Hall–Kier alpha value is -1.70. The predicted octanol–water partition coefficient (Wildman–Crippen LogP) is 1.27. The molecular weight excluding hydrogens is 290 g/mol. The first-order valence-corrected chi connectivity index (χ1v) is 8.17. The van der Waals surface area contributed by atoms with Crippen LogP contribution in [0.4, 0.5) is 0 Å². The molecule has 0 aliphatic rings. The van der Waals surface area contributed by atoms with Gasteiger partial charge in [-0.3, -0.25) is 0 Å². The first kappa shape index (κ1) is 15.7. The fraction of sp³-hybridized carbons (Fsp3) is 0.357. The van der Waals surface area contributed by atoms with Crippen LogP contribution in [-0.4, -0.2) is 20.1 Å². The molecule has 1 aromatic heterocycles. The van der Waals surface area contributed by atoms with Crippen LogP contribution >= 0.6 is 0 Å². The van der Waals surface area contributed by atoms with E-state index in [9.17, 15) is 8.42 Å². The molecule has 0 spiro atoms. The van der Waals surface area contributed by atoms with Crippen molar-refractivity contribution in [2.75, 3.05) is 6.54 Å². The number of rotatable bonds is 6. The molecule has 0 atom stereocenters. The number of sulfonamides is 1. The van der Waals surface area contributed by atoms with Crippen LogP contribution in [0.3, 0.4) is 0 Å². The van der Waals surface area contributed by atoms with Crippen molar-refractivity contribution in [3.8, 4) is 0 Å². The second kappa shape index (κ2) is 6.38. The molecule has 2 aromatic rings. The monoisotopic (exact) mass is 309 g/mol. The van der Waals surface area contributed by atoms with Crippen LogP contribution in [0.1, 0.15) is 22.6 Å². The van der Waals surface area contributed by atoms with Crippen LogP contribution in [0.15, 0.2) is 33.7 Å². The number of nitrogens with zero attached hydrogens (tertiary/aromatic N) is 1. The molecule has 0 aliphatic carbocycles. The average Bonchev–Trinajstić information content (AvgIpc) is 2.74. The number of nitrogens with one attached hydrogen (secondary N) is 1. The summed E-state index contributed by atoms with van der Waals surface area (Å²) in [6.07, 6.45) is 0.800. The number of hydrogen-bond donors (Lipinski definition) is 2. The minimum absolute atomic E-state index is 0.134. The molecule has 114 valence electrons. The van der Waals surface area contributed by atoms with E-state index in [-0.39, 0.29) is 4.90 Å². The number of primary sulfonamides is 1. The molecule has 0 fully saturated rings. The van der Waals surface area contributed by atoms with Gasteiger partial charge in [0.05, 0.1) is 10.6 Å². The van der Waals surface area contributed by atoms with E-state index in [1.165, 1.54) is 12.1 Å². The van der Waals surface area contributed by atoms with Gasteiger partial charge >= 0.3 is 0 Å². The van der Waals surface area contributed by atoms with Crippen LogP contribution in [-0.2, 0) is 23.0 Å². The fourth-order valence-corrected chi connectivity index (χ4v) is 2.56. The summed E-state index contributed by atoms with van der Waals surface area (Å²) in [7, 11) is -3.62. The smallest absolute Gasteiger partial charge is 0.238 e. The summed E-state index contributed by atoms with van der Waals surface area (Å²) in [6, 6.07) is 6.60. The Morgan fingerprint density at radius 2 is 1.90 bits per heavy atom. The molecule has 3 N–H and O–H groups in total. The van der Waals surface area contributed by atoms with E-state index in [1.807, 2.05) is 13.8 Å². The lowest BCUT2D eigenvalue weighted by Crippen LogP contribution is -2.17. The Bertz CT molecular complexity index is 686. The molecule has 0 saturated carbocycles. The minimum atomic E-state index is -3.62. The van der Waals surface area contributed by atoms with Crippen LogP contribution in [0.25, 0.3) is 0 Å². The molecule has 0 amide bonds. The molecule has 1 heterocycles. The van der Waals surface area contributed by atoms with Crippen LogP contribution < -0.4 is 10.5 Å². The lowest BCUT2D eigenvalue weighted by Gasteiger charge is -2.05. The van der Waals surface area contributed by atoms with Crippen molar-refractivity contribution in [3.63, 3.8) is 0 Å². The zero-order valence-electron chi connectivity index (χ0n) is 12.1. The molecule has 2 rings (SSSR count). The second-order valence-electron chi connectivity index (χ2n) is 4.92. The number of benzene rings is 1. The molecule has 0 bridgehead atoms. The third-order valence-corrected chi connectivity index (χ3v) is 4.25. The first-order chi connectivity index (χ1) is 9.88. The number of aryl methyl sites for hydroxylation is 2. The van der Waals surface area contributed by atoms with E-state index in [0.717, 1.165) is 35.5 Å². The van der Waals surface area contributed by atoms with E-state index in [2.05, 4.69) is 10.5 Å². The fourth-order valence-electron chi connectivity index (χ4n) is 2.05. The van der Waals surface area contributed by atoms with Crippen molar-refractivity contribution in [3.05, 3.63) is 46.8 Å². The summed E-state index contributed by atoms with van der Waals surface area (Å²) in [5, 5.41) is 12.3. The minimum Gasteiger partial charge on any atom is -0.361 e. The maximum Gasteiger partial charge on any atom is 0.238 e. The number of aromatic nitrogens is 1. The van der Waals surface area contributed by atoms with Crippen molar-refractivity contribution < 1.29 is 12.9 Å². The molecular formula is C14H19N3O3S. The van der Waals surface area contributed by atoms with Crippen LogP contribution in [0.2, 0.25) is 0 Å². The maximum atomic E-state index is 11.2. The van der Waals surface area contributed by atoms with Crippen LogP contribution in [0, 0.1) is 13.8 Å². The van der Waals surface area contributed by atoms with Crippen molar-refractivity contribution >= 4 is 10.0 Å². The Morgan fingerprint density at radius 3 is 2.43 bits per heavy atom. The summed E-state index contributed by atoms with van der Waals surface area (Å²) < 4.78 is 27.4. The molecule has 0 radical (unpaired) electrons. The third kappa shape index (κ3) is 4.13. The Labute approximate surface area is 124 Å². The van der Waals surface area contributed by atoms with Gasteiger partial charge in [-0.2, -0.15) is 0 Å². The van der Waals surface area contributed by atoms with Gasteiger partial charge in [-0.1, -0.05) is 17.3 Å². The highest BCUT2D eigenvalue weighted by molar-refractivity contribution is 7.89. The number of hydrogen-bond acceptors (Lipinski definition) is 5. The zero-order chi connectivity index (χ0) is 15.5. The summed E-state index contributed by atoms with van der Waals surface area (Å²) in [4.78, 5) is 0.134. The SMILES string of the molecule is Cc1noc(C)c1CNCCc1ccc(S(N)(=O)=O)cc1. The van der Waals surface area contributed by atoms with Gasteiger partial charge in [0, 0.05) is 12.1 Å². The van der Waals surface area contributed by atoms with Gasteiger partial charge in [-0.25, -0.2) is 13.6 Å². The third-order valence-electron chi connectivity index (χ3n) is 3.33. The van der Waals surface area contributed by atoms with Gasteiger partial charge in [0.1, 0.15) is 5.76 Å². The molecule has 7 heteroatoms. The molecule has 1 aromatic carbocycles. The van der Waals surface area contributed by atoms with E-state index in [0.29, 0.717) is 6.54 Å². The number of nitrogens with two attached hydrogens (primary N) is 1. The lowest BCUT2D eigenvalue weighted by atomic mass is 10.1. The highest BCUT2D eigenvalue weighted by Crippen LogP contribution is 2.12. The van der Waals surface area contributed by atoms with Crippen molar-refractivity contribution in [2.24, 2.45) is 5.14 Å². The van der Waals surface area contributed by atoms with Gasteiger partial charge < -0.3 is 9.84 Å². The van der Waals surface area contributed by atoms with Crippen molar-refractivity contribution in [1.29, 1.82) is 0 Å². The summed E-state index contributed by atoms with van der Waals surface area (Å²) in [6.45, 7) is 5.29. The van der Waals surface area contributed by atoms with Crippen molar-refractivity contribution in [2.45, 2.75) is 31.7 Å². The summed E-state index contributed by atoms with van der Waals surface area (Å²) in [5.41, 5.74) is 3.03. The molecule has 0 saturated heterocycles. The topological polar surface area (TPSA) is 98.2 Å². The highest BCUT2D eigenvalue weighted by atomic mass is 32.2. The standard InChI is InChI=1S/C14H19N3O3S/c1-10-14(11(2)20-17-10)9-16-8-7-12-3-5-13(6-4-12)21(15,18)19/h3-6,16H,7-9H2,1-2H3,(H2,15,18,19). The first-order valence-electron chi connectivity index (χ1n) is 6.62. The van der Waals surface area contributed by atoms with E-state index < -0.39 is 10.0 Å². The highest BCUT2D eigenvalue weighted by Gasteiger charge is 2.08. The van der Waals surface area contributed by atoms with Gasteiger partial charge in [0.2, 0.25) is 10.0 Å². The summed E-state index contributed by atoms with van der Waals surface area (Å²) in [5.74, 6) is 0.831. The van der Waals surface area contributed by atoms with E-state index in [1.54, 1.807) is 12.1 Å². The van der Waals surface area contributed by atoms with Crippen LogP contribution in [0.5, 0.6) is 0 Å². The maximum absolute atomic E-state index is 11.2. The predicted molar refractivity (Wildman–Crippen MR) is 79.2 cm³/mol. The normalized spacial score (nSPS) is 11.8. The second-order valence-corrected chi connectivity index (χ2v) is 6.48. The Kier molecular flexibility index (Phi) is 4.76. The zero-order valence-corrected chi connectivity index (χ0v) is 12.9. The molecule has 6 nitrogen and oxygen atoms in total. The van der Waals surface area contributed by atoms with Crippen molar-refractivity contribution in [1.82, 2.24) is 10.5 Å². The lowest BCUT2D eigenvalue weighted by molar-refractivity contribution is 0.392. The Morgan fingerprint density at radius 1 is 1.24 bits per heavy atom. The van der Waals surface area contributed by atoms with E-state index in [4.69, 9.17) is 9.66 Å². The van der Waals surface area contributed by atoms with Gasteiger partial charge in [-0.15, -0.1) is 0 Å². The molecule has 0 aliphatic heterocycles. The molecule has 21 heavy (non-hydrogen) atoms. The Balaban J connectivity index is 1.84. The average molecular weight is 309 g/mol. The molecule has 0 unspecified atom stereocenters. The largest absolute Gasteiger partial charge is 0.361 e. The van der Waals surface area contributed by atoms with Gasteiger partial charge in [0.25, 0.3) is 0 Å².